The summed E-state index contributed by atoms with van der Waals surface area (Å²) in [6.45, 7) is 10.6. The van der Waals surface area contributed by atoms with Crippen molar-refractivity contribution in [2.45, 2.75) is 58.3 Å². The van der Waals surface area contributed by atoms with Gasteiger partial charge in [0, 0.05) is 11.1 Å². The molecule has 0 fully saturated rings. The molecule has 0 spiro atoms. The molecule has 0 atom stereocenters. The third-order valence-electron chi connectivity index (χ3n) is 5.57. The molecule has 0 bridgehead atoms. The molecule has 0 radical (unpaired) electrons. The van der Waals surface area contributed by atoms with Crippen molar-refractivity contribution in [1.29, 1.82) is 0 Å². The summed E-state index contributed by atoms with van der Waals surface area (Å²) in [5.41, 5.74) is 4.59. The Labute approximate surface area is 155 Å². The summed E-state index contributed by atoms with van der Waals surface area (Å²) in [5, 5.41) is 0. The lowest BCUT2D eigenvalue weighted by Gasteiger charge is -2.41. The van der Waals surface area contributed by atoms with Crippen molar-refractivity contribution in [3.05, 3.63) is 70.0 Å². The van der Waals surface area contributed by atoms with E-state index in [4.69, 9.17) is 0 Å². The van der Waals surface area contributed by atoms with Crippen LogP contribution in [-0.4, -0.2) is 5.78 Å². The van der Waals surface area contributed by atoms with Crippen LogP contribution in [-0.2, 0) is 10.8 Å². The van der Waals surface area contributed by atoms with Crippen LogP contribution in [0.15, 0.2) is 36.4 Å². The number of carbonyl (C=O) groups excluding carboxylic acids is 1. The molecule has 134 valence electrons. The highest BCUT2D eigenvalue weighted by Gasteiger charge is 2.36. The number of hydrogen-bond acceptors (Lipinski definition) is 1. The molecule has 0 N–H and O–H groups in total. The fourth-order valence-electron chi connectivity index (χ4n) is 3.64. The highest BCUT2D eigenvalue weighted by Crippen LogP contribution is 2.45. The third-order valence-corrected chi connectivity index (χ3v) is 5.57. The second-order valence-corrected chi connectivity index (χ2v) is 8.53. The minimum absolute atomic E-state index is 0.122. The van der Waals surface area contributed by atoms with Crippen molar-refractivity contribution in [2.75, 3.05) is 0 Å². The van der Waals surface area contributed by atoms with Gasteiger partial charge in [0.05, 0.1) is 5.56 Å². The molecule has 0 heterocycles. The number of ketones is 1. The molecule has 26 heavy (non-hydrogen) atoms. The fraction of sp³-hybridized carbons (Fsp3) is 0.375. The zero-order valence-electron chi connectivity index (χ0n) is 16.2. The lowest BCUT2D eigenvalue weighted by atomic mass is 9.63. The maximum absolute atomic E-state index is 14.2. The first-order chi connectivity index (χ1) is 12.1. The molecule has 0 aromatic heterocycles. The van der Waals surface area contributed by atoms with E-state index in [2.05, 4.69) is 51.7 Å². The number of hydrogen-bond donors (Lipinski definition) is 0. The molecule has 0 amide bonds. The molecule has 1 aliphatic rings. The topological polar surface area (TPSA) is 17.1 Å². The van der Waals surface area contributed by atoms with Crippen molar-refractivity contribution < 1.29 is 9.18 Å². The molecule has 0 aliphatic heterocycles. The minimum Gasteiger partial charge on any atom is -0.295 e. The molecule has 0 saturated carbocycles. The second-order valence-electron chi connectivity index (χ2n) is 8.53. The standard InChI is InChI=1S/C24H25FO/c1-16(26)19-10-9-18(22(25)15-19)8-6-17-7-11-20-21(14-17)24(4,5)13-12-23(20,2)3/h7,9-11,14-15H,12-13H2,1-5H3. The number of carbonyl (C=O) groups is 1. The van der Waals surface area contributed by atoms with Crippen molar-refractivity contribution in [1.82, 2.24) is 0 Å². The van der Waals surface area contributed by atoms with Crippen molar-refractivity contribution in [3.63, 3.8) is 0 Å². The summed E-state index contributed by atoms with van der Waals surface area (Å²) in [6, 6.07) is 10.8. The Morgan fingerprint density at radius 2 is 1.58 bits per heavy atom. The summed E-state index contributed by atoms with van der Waals surface area (Å²) >= 11 is 0. The SMILES string of the molecule is CC(=O)c1ccc(C#Cc2ccc3c(c2)C(C)(C)CCC3(C)C)c(F)c1. The maximum atomic E-state index is 14.2. The summed E-state index contributed by atoms with van der Waals surface area (Å²) in [7, 11) is 0. The average Bonchev–Trinajstić information content (AvgIpc) is 2.58. The van der Waals surface area contributed by atoms with E-state index in [1.807, 2.05) is 6.07 Å². The fourth-order valence-corrected chi connectivity index (χ4v) is 3.64. The molecule has 0 unspecified atom stereocenters. The zero-order chi connectivity index (χ0) is 19.1. The smallest absolute Gasteiger partial charge is 0.159 e. The third kappa shape index (κ3) is 3.44. The van der Waals surface area contributed by atoms with Crippen molar-refractivity contribution in [2.24, 2.45) is 0 Å². The van der Waals surface area contributed by atoms with Crippen LogP contribution in [0.25, 0.3) is 0 Å². The highest BCUT2D eigenvalue weighted by molar-refractivity contribution is 5.94. The quantitative estimate of drug-likeness (QED) is 0.472. The summed E-state index contributed by atoms with van der Waals surface area (Å²) in [5.74, 6) is 5.40. The van der Waals surface area contributed by atoms with Gasteiger partial charge in [-0.3, -0.25) is 4.79 Å². The van der Waals surface area contributed by atoms with Crippen LogP contribution in [0, 0.1) is 17.7 Å². The van der Waals surface area contributed by atoms with E-state index >= 15 is 0 Å². The Balaban J connectivity index is 1.99. The van der Waals surface area contributed by atoms with E-state index in [9.17, 15) is 9.18 Å². The van der Waals surface area contributed by atoms with Crippen LogP contribution >= 0.6 is 0 Å². The van der Waals surface area contributed by atoms with Gasteiger partial charge < -0.3 is 0 Å². The average molecular weight is 348 g/mol. The Morgan fingerprint density at radius 1 is 0.923 bits per heavy atom. The number of Topliss-reactive ketones (excluding diaryl/α,β-unsaturated/α-hetero) is 1. The van der Waals surface area contributed by atoms with E-state index < -0.39 is 5.82 Å². The summed E-state index contributed by atoms with van der Waals surface area (Å²) in [4.78, 5) is 11.3. The Hall–Kier alpha value is -2.40. The second kappa shape index (κ2) is 6.40. The van der Waals surface area contributed by atoms with Crippen LogP contribution < -0.4 is 0 Å². The lowest BCUT2D eigenvalue weighted by molar-refractivity contribution is 0.101. The van der Waals surface area contributed by atoms with Gasteiger partial charge in [0.25, 0.3) is 0 Å². The van der Waals surface area contributed by atoms with Gasteiger partial charge in [-0.1, -0.05) is 45.6 Å². The summed E-state index contributed by atoms with van der Waals surface area (Å²) < 4.78 is 14.2. The first-order valence-corrected chi connectivity index (χ1v) is 9.08. The number of halogens is 1. The normalized spacial score (nSPS) is 17.0. The first-order valence-electron chi connectivity index (χ1n) is 9.08. The summed E-state index contributed by atoms with van der Waals surface area (Å²) in [6.07, 6.45) is 2.32. The number of benzene rings is 2. The van der Waals surface area contributed by atoms with Gasteiger partial charge in [0.15, 0.2) is 5.78 Å². The van der Waals surface area contributed by atoms with E-state index in [1.54, 1.807) is 12.1 Å². The van der Waals surface area contributed by atoms with Crippen molar-refractivity contribution in [3.8, 4) is 11.8 Å². The van der Waals surface area contributed by atoms with Crippen molar-refractivity contribution >= 4 is 5.78 Å². The van der Waals surface area contributed by atoms with Crippen LogP contribution in [0.3, 0.4) is 0 Å². The number of fused-ring (bicyclic) bond motifs is 1. The van der Waals surface area contributed by atoms with Gasteiger partial charge in [0.2, 0.25) is 0 Å². The van der Waals surface area contributed by atoms with E-state index in [0.29, 0.717) is 11.1 Å². The molecule has 2 heteroatoms. The van der Waals surface area contributed by atoms with E-state index in [0.717, 1.165) is 12.0 Å². The molecule has 1 aliphatic carbocycles. The van der Waals surface area contributed by atoms with Crippen LogP contribution in [0.4, 0.5) is 4.39 Å². The molecule has 1 nitrogen and oxygen atoms in total. The van der Waals surface area contributed by atoms with Gasteiger partial charge >= 0.3 is 0 Å². The van der Waals surface area contributed by atoms with E-state index in [1.165, 1.54) is 30.5 Å². The predicted octanol–water partition coefficient (Wildman–Crippen LogP) is 5.78. The van der Waals surface area contributed by atoms with Gasteiger partial charge in [-0.25, -0.2) is 4.39 Å². The molecule has 0 saturated heterocycles. The molecular weight excluding hydrogens is 323 g/mol. The predicted molar refractivity (Wildman–Crippen MR) is 104 cm³/mol. The van der Waals surface area contributed by atoms with Crippen LogP contribution in [0.5, 0.6) is 0 Å². The first kappa shape index (κ1) is 18.4. The van der Waals surface area contributed by atoms with Crippen LogP contribution in [0.2, 0.25) is 0 Å². The Bertz CT molecular complexity index is 938. The largest absolute Gasteiger partial charge is 0.295 e. The zero-order valence-corrected chi connectivity index (χ0v) is 16.2. The van der Waals surface area contributed by atoms with Gasteiger partial charge in [-0.15, -0.1) is 0 Å². The van der Waals surface area contributed by atoms with Gasteiger partial charge in [-0.05, 0) is 72.1 Å². The Morgan fingerprint density at radius 3 is 2.19 bits per heavy atom. The van der Waals surface area contributed by atoms with Crippen LogP contribution in [0.1, 0.15) is 80.1 Å². The molecule has 2 aromatic rings. The maximum Gasteiger partial charge on any atom is 0.159 e. The lowest BCUT2D eigenvalue weighted by Crippen LogP contribution is -2.33. The highest BCUT2D eigenvalue weighted by atomic mass is 19.1. The van der Waals surface area contributed by atoms with Gasteiger partial charge in [0.1, 0.15) is 5.82 Å². The molecule has 2 aromatic carbocycles. The molecule has 3 rings (SSSR count). The van der Waals surface area contributed by atoms with E-state index in [-0.39, 0.29) is 16.6 Å². The number of rotatable bonds is 1. The molecular formula is C24H25FO. The minimum atomic E-state index is -0.454. The monoisotopic (exact) mass is 348 g/mol. The van der Waals surface area contributed by atoms with Gasteiger partial charge in [-0.2, -0.15) is 0 Å². The Kier molecular flexibility index (Phi) is 4.53.